The summed E-state index contributed by atoms with van der Waals surface area (Å²) in [6, 6.07) is 13.8. The first-order chi connectivity index (χ1) is 17.8. The largest absolute Gasteiger partial charge is 0.481 e. The van der Waals surface area contributed by atoms with Crippen LogP contribution in [0.4, 0.5) is 0 Å². The molecule has 0 radical (unpaired) electrons. The normalized spacial score (nSPS) is 25.0. The van der Waals surface area contributed by atoms with Gasteiger partial charge in [0, 0.05) is 28.5 Å². The Morgan fingerprint density at radius 3 is 2.32 bits per heavy atom. The molecule has 206 valence electrons. The highest BCUT2D eigenvalue weighted by atomic mass is 35.5. The molecular weight excluding hydrogens is 547 g/mol. The number of halogens is 2. The molecule has 0 aromatic heterocycles. The molecule has 4 unspecified atom stereocenters. The molecule has 0 spiro atoms. The number of aliphatic carboxylic acids is 1. The summed E-state index contributed by atoms with van der Waals surface area (Å²) in [6.07, 6.45) is 1.70. The minimum absolute atomic E-state index is 0.0619. The molecule has 1 aliphatic heterocycles. The van der Waals surface area contributed by atoms with E-state index >= 15 is 0 Å². The van der Waals surface area contributed by atoms with Gasteiger partial charge in [0.2, 0.25) is 15.9 Å². The van der Waals surface area contributed by atoms with Gasteiger partial charge in [0.05, 0.1) is 23.1 Å². The molecule has 2 aromatic carbocycles. The zero-order valence-corrected chi connectivity index (χ0v) is 24.1. The Bertz CT molecular complexity index is 1300. The van der Waals surface area contributed by atoms with Crippen molar-refractivity contribution >= 4 is 45.1 Å². The number of likely N-dealkylation sites (tertiary alicyclic amines) is 1. The number of hydrogen-bond acceptors (Lipinski definition) is 4. The van der Waals surface area contributed by atoms with E-state index in [0.29, 0.717) is 16.5 Å². The number of carboxylic acid groups (broad SMARTS) is 1. The van der Waals surface area contributed by atoms with Crippen molar-refractivity contribution in [2.45, 2.75) is 69.7 Å². The van der Waals surface area contributed by atoms with Crippen LogP contribution in [0.3, 0.4) is 0 Å². The van der Waals surface area contributed by atoms with Gasteiger partial charge in [0.25, 0.3) is 0 Å². The zero-order chi connectivity index (χ0) is 27.8. The number of carbonyl (C=O) groups excluding carboxylic acids is 1. The Morgan fingerprint density at radius 1 is 1.11 bits per heavy atom. The third-order valence-electron chi connectivity index (χ3n) is 7.77. The third kappa shape index (κ3) is 6.19. The number of sulfonamides is 1. The van der Waals surface area contributed by atoms with Crippen molar-refractivity contribution in [3.8, 4) is 0 Å². The summed E-state index contributed by atoms with van der Waals surface area (Å²) >= 11 is 12.6. The van der Waals surface area contributed by atoms with Gasteiger partial charge in [-0.2, -0.15) is 0 Å². The minimum atomic E-state index is -3.58. The fraction of sp³-hybridized carbons (Fsp3) is 0.500. The second kappa shape index (κ2) is 11.2. The van der Waals surface area contributed by atoms with E-state index in [0.717, 1.165) is 24.0 Å². The Balaban J connectivity index is 1.88. The lowest BCUT2D eigenvalue weighted by Gasteiger charge is -2.52. The van der Waals surface area contributed by atoms with Crippen LogP contribution in [0, 0.1) is 11.3 Å². The predicted octanol–water partition coefficient (Wildman–Crippen LogP) is 5.64. The van der Waals surface area contributed by atoms with E-state index in [-0.39, 0.29) is 30.7 Å². The van der Waals surface area contributed by atoms with Gasteiger partial charge in [0.1, 0.15) is 0 Å². The molecule has 38 heavy (non-hydrogen) atoms. The van der Waals surface area contributed by atoms with Crippen LogP contribution in [-0.4, -0.2) is 48.1 Å². The summed E-state index contributed by atoms with van der Waals surface area (Å²) < 4.78 is 28.1. The fourth-order valence-electron chi connectivity index (χ4n) is 5.59. The Hall–Kier alpha value is -2.13. The van der Waals surface area contributed by atoms with E-state index in [2.05, 4.69) is 4.72 Å². The molecule has 2 aromatic rings. The predicted molar refractivity (Wildman–Crippen MR) is 149 cm³/mol. The van der Waals surface area contributed by atoms with Crippen LogP contribution in [0.25, 0.3) is 0 Å². The SMILES string of the molecule is CC(C)S(=O)(=O)NCC(C1CC1)N1C(=O)C(C)(CC(=O)O)CC(c2cccc(Cl)c2)C1c1ccc(Cl)cc1. The maximum atomic E-state index is 14.3. The number of carboxylic acids is 1. The summed E-state index contributed by atoms with van der Waals surface area (Å²) in [5.41, 5.74) is 0.553. The number of hydrogen-bond donors (Lipinski definition) is 2. The van der Waals surface area contributed by atoms with Gasteiger partial charge in [-0.1, -0.05) is 54.4 Å². The summed E-state index contributed by atoms with van der Waals surface area (Å²) in [5.74, 6) is -1.51. The number of amides is 1. The van der Waals surface area contributed by atoms with Crippen molar-refractivity contribution in [2.75, 3.05) is 6.54 Å². The van der Waals surface area contributed by atoms with E-state index in [1.165, 1.54) is 0 Å². The van der Waals surface area contributed by atoms with Gasteiger partial charge in [-0.3, -0.25) is 9.59 Å². The maximum Gasteiger partial charge on any atom is 0.304 e. The van der Waals surface area contributed by atoms with Crippen molar-refractivity contribution in [2.24, 2.45) is 11.3 Å². The van der Waals surface area contributed by atoms with E-state index in [9.17, 15) is 23.1 Å². The smallest absolute Gasteiger partial charge is 0.304 e. The van der Waals surface area contributed by atoms with Crippen LogP contribution in [0.15, 0.2) is 48.5 Å². The lowest BCUT2D eigenvalue weighted by atomic mass is 9.67. The van der Waals surface area contributed by atoms with E-state index < -0.39 is 38.7 Å². The van der Waals surface area contributed by atoms with E-state index in [4.69, 9.17) is 23.2 Å². The Labute approximate surface area is 234 Å². The molecular formula is C28H34Cl2N2O5S. The first kappa shape index (κ1) is 28.9. The average molecular weight is 582 g/mol. The first-order valence-electron chi connectivity index (χ1n) is 12.9. The molecule has 4 atom stereocenters. The van der Waals surface area contributed by atoms with Gasteiger partial charge in [-0.05, 0) is 74.4 Å². The van der Waals surface area contributed by atoms with Gasteiger partial charge in [0.15, 0.2) is 0 Å². The Kier molecular flexibility index (Phi) is 8.48. The van der Waals surface area contributed by atoms with Gasteiger partial charge < -0.3 is 10.0 Å². The van der Waals surface area contributed by atoms with Crippen LogP contribution in [0.2, 0.25) is 10.0 Å². The van der Waals surface area contributed by atoms with Crippen LogP contribution in [0.1, 0.15) is 69.5 Å². The molecule has 2 N–H and O–H groups in total. The summed E-state index contributed by atoms with van der Waals surface area (Å²) in [6.45, 7) is 4.98. The van der Waals surface area contributed by atoms with Crippen molar-refractivity contribution in [1.29, 1.82) is 0 Å². The van der Waals surface area contributed by atoms with Crippen LogP contribution >= 0.6 is 23.2 Å². The number of nitrogens with one attached hydrogen (secondary N) is 1. The molecule has 0 bridgehead atoms. The first-order valence-corrected chi connectivity index (χ1v) is 15.2. The quantitative estimate of drug-likeness (QED) is 0.378. The van der Waals surface area contributed by atoms with Crippen molar-refractivity contribution in [1.82, 2.24) is 9.62 Å². The second-order valence-electron chi connectivity index (χ2n) is 11.1. The molecule has 1 saturated carbocycles. The van der Waals surface area contributed by atoms with E-state index in [1.807, 2.05) is 30.3 Å². The van der Waals surface area contributed by atoms with Crippen LogP contribution < -0.4 is 4.72 Å². The number of carbonyl (C=O) groups is 2. The average Bonchev–Trinajstić information content (AvgIpc) is 3.67. The monoisotopic (exact) mass is 580 g/mol. The lowest BCUT2D eigenvalue weighted by Crippen LogP contribution is -2.59. The topological polar surface area (TPSA) is 104 Å². The highest BCUT2D eigenvalue weighted by Crippen LogP contribution is 2.54. The van der Waals surface area contributed by atoms with Crippen molar-refractivity contribution < 1.29 is 23.1 Å². The minimum Gasteiger partial charge on any atom is -0.481 e. The molecule has 1 aliphatic carbocycles. The van der Waals surface area contributed by atoms with Gasteiger partial charge in [-0.25, -0.2) is 13.1 Å². The summed E-state index contributed by atoms with van der Waals surface area (Å²) in [4.78, 5) is 28.1. The van der Waals surface area contributed by atoms with Crippen LogP contribution in [0.5, 0.6) is 0 Å². The van der Waals surface area contributed by atoms with Gasteiger partial charge in [-0.15, -0.1) is 0 Å². The van der Waals surface area contributed by atoms with Crippen LogP contribution in [-0.2, 0) is 19.6 Å². The fourth-order valence-corrected chi connectivity index (χ4v) is 6.65. The Morgan fingerprint density at radius 2 is 1.76 bits per heavy atom. The third-order valence-corrected chi connectivity index (χ3v) is 10.1. The molecule has 2 aliphatic rings. The molecule has 1 heterocycles. The number of benzene rings is 2. The standard InChI is InChI=1S/C28H34Cl2N2O5S/c1-17(2)38(36,37)31-16-24(18-7-8-18)32-26(19-9-11-21(29)12-10-19)23(20-5-4-6-22(30)13-20)14-28(3,27(32)35)15-25(33)34/h4-6,9-13,17-18,23-24,26,31H,7-8,14-16H2,1-3H3,(H,33,34). The summed E-state index contributed by atoms with van der Waals surface area (Å²) in [5, 5.41) is 10.3. The molecule has 7 nitrogen and oxygen atoms in total. The number of piperidine rings is 1. The van der Waals surface area contributed by atoms with Gasteiger partial charge >= 0.3 is 5.97 Å². The molecule has 2 fully saturated rings. The van der Waals surface area contributed by atoms with Crippen molar-refractivity contribution in [3.05, 3.63) is 69.7 Å². The molecule has 1 amide bonds. The molecule has 10 heteroatoms. The number of rotatable bonds is 10. The zero-order valence-electron chi connectivity index (χ0n) is 21.7. The highest BCUT2D eigenvalue weighted by Gasteiger charge is 2.54. The van der Waals surface area contributed by atoms with Crippen molar-refractivity contribution in [3.63, 3.8) is 0 Å². The highest BCUT2D eigenvalue weighted by molar-refractivity contribution is 7.90. The molecule has 4 rings (SSSR count). The molecule has 1 saturated heterocycles. The van der Waals surface area contributed by atoms with E-state index in [1.54, 1.807) is 43.9 Å². The maximum absolute atomic E-state index is 14.3. The second-order valence-corrected chi connectivity index (χ2v) is 14.2. The number of nitrogens with zero attached hydrogens (tertiary/aromatic N) is 1. The summed E-state index contributed by atoms with van der Waals surface area (Å²) in [7, 11) is -3.58. The lowest BCUT2D eigenvalue weighted by molar-refractivity contribution is -0.161.